The Labute approximate surface area is 126 Å². The number of rotatable bonds is 2. The van der Waals surface area contributed by atoms with Gasteiger partial charge < -0.3 is 9.64 Å². The number of amides is 1. The molecular formula is C13H17N6O3+. The first kappa shape index (κ1) is 14.2. The SMILES string of the molecule is COC(=O)C(=O)N[n+]1ncn2nc(N3CCCCC3)ccc21. The van der Waals surface area contributed by atoms with E-state index in [2.05, 4.69) is 25.3 Å². The van der Waals surface area contributed by atoms with E-state index in [1.165, 1.54) is 30.4 Å². The van der Waals surface area contributed by atoms with Gasteiger partial charge >= 0.3 is 17.5 Å². The number of aromatic nitrogens is 4. The number of fused-ring (bicyclic) bond motifs is 1. The molecule has 9 heteroatoms. The molecule has 0 radical (unpaired) electrons. The highest BCUT2D eigenvalue weighted by molar-refractivity contribution is 6.35. The first-order valence-corrected chi connectivity index (χ1v) is 7.10. The molecule has 1 amide bonds. The van der Waals surface area contributed by atoms with Crippen LogP contribution in [-0.2, 0) is 14.3 Å². The molecule has 3 rings (SSSR count). The van der Waals surface area contributed by atoms with Gasteiger partial charge in [-0.25, -0.2) is 4.79 Å². The first-order valence-electron chi connectivity index (χ1n) is 7.10. The Morgan fingerprint density at radius 1 is 1.27 bits per heavy atom. The Bertz CT molecular complexity index is 707. The lowest BCUT2D eigenvalue weighted by atomic mass is 10.1. The van der Waals surface area contributed by atoms with Gasteiger partial charge in [0.15, 0.2) is 5.82 Å². The van der Waals surface area contributed by atoms with Crippen molar-refractivity contribution in [2.45, 2.75) is 19.3 Å². The molecule has 9 nitrogen and oxygen atoms in total. The van der Waals surface area contributed by atoms with Crippen molar-refractivity contribution in [2.75, 3.05) is 30.5 Å². The summed E-state index contributed by atoms with van der Waals surface area (Å²) in [4.78, 5) is 26.1. The summed E-state index contributed by atoms with van der Waals surface area (Å²) in [6.07, 6.45) is 5.06. The fourth-order valence-electron chi connectivity index (χ4n) is 2.45. The van der Waals surface area contributed by atoms with E-state index in [-0.39, 0.29) is 0 Å². The minimum Gasteiger partial charge on any atom is -0.462 e. The average Bonchev–Trinajstić information content (AvgIpc) is 2.97. The number of nitrogens with one attached hydrogen (secondary N) is 1. The summed E-state index contributed by atoms with van der Waals surface area (Å²) < 4.78 is 5.91. The molecule has 1 fully saturated rings. The van der Waals surface area contributed by atoms with E-state index in [1.54, 1.807) is 10.6 Å². The van der Waals surface area contributed by atoms with Crippen LogP contribution in [0.5, 0.6) is 0 Å². The van der Waals surface area contributed by atoms with Gasteiger partial charge in [0.05, 0.1) is 7.11 Å². The van der Waals surface area contributed by atoms with Crippen LogP contribution < -0.4 is 15.1 Å². The Balaban J connectivity index is 1.83. The first-order chi connectivity index (χ1) is 10.7. The maximum absolute atomic E-state index is 11.5. The van der Waals surface area contributed by atoms with Gasteiger partial charge in [0.25, 0.3) is 6.33 Å². The minimum atomic E-state index is -0.980. The zero-order chi connectivity index (χ0) is 15.5. The molecule has 0 spiro atoms. The maximum atomic E-state index is 11.5. The van der Waals surface area contributed by atoms with E-state index >= 15 is 0 Å². The minimum absolute atomic E-state index is 0.540. The summed E-state index contributed by atoms with van der Waals surface area (Å²) >= 11 is 0. The van der Waals surface area contributed by atoms with Crippen molar-refractivity contribution in [1.29, 1.82) is 0 Å². The molecule has 1 aliphatic heterocycles. The van der Waals surface area contributed by atoms with Crippen LogP contribution in [0.2, 0.25) is 0 Å². The van der Waals surface area contributed by atoms with Crippen molar-refractivity contribution < 1.29 is 19.1 Å². The third kappa shape index (κ3) is 2.69. The molecule has 1 saturated heterocycles. The number of anilines is 1. The summed E-state index contributed by atoms with van der Waals surface area (Å²) in [7, 11) is 1.14. The van der Waals surface area contributed by atoms with Crippen LogP contribution in [0.4, 0.5) is 5.82 Å². The lowest BCUT2D eigenvalue weighted by Crippen LogP contribution is -2.52. The zero-order valence-corrected chi connectivity index (χ0v) is 12.2. The van der Waals surface area contributed by atoms with E-state index in [0.29, 0.717) is 5.65 Å². The number of hydrogen-bond acceptors (Lipinski definition) is 6. The van der Waals surface area contributed by atoms with Crippen LogP contribution in [0, 0.1) is 0 Å². The molecule has 0 unspecified atom stereocenters. The standard InChI is InChI=1S/C13H16N6O3/c1-22-13(21)12(20)16-19-11-6-5-10(15-18(11)9-14-19)17-7-3-2-4-8-17/h5-6,9H,2-4,7-8H2,1H3/p+1. The summed E-state index contributed by atoms with van der Waals surface area (Å²) in [6, 6.07) is 3.67. The molecule has 1 N–H and O–H groups in total. The molecule has 2 aromatic heterocycles. The molecule has 3 heterocycles. The Kier molecular flexibility index (Phi) is 3.86. The second-order valence-electron chi connectivity index (χ2n) is 5.02. The molecule has 0 atom stereocenters. The lowest BCUT2D eigenvalue weighted by Gasteiger charge is -2.26. The Hall–Kier alpha value is -2.71. The molecule has 1 aliphatic rings. The van der Waals surface area contributed by atoms with Crippen LogP contribution in [0.15, 0.2) is 18.5 Å². The number of nitrogens with zero attached hydrogens (tertiary/aromatic N) is 5. The summed E-state index contributed by atoms with van der Waals surface area (Å²) in [5.74, 6) is -1.00. The number of carbonyl (C=O) groups is 2. The van der Waals surface area contributed by atoms with Gasteiger partial charge in [-0.3, -0.25) is 4.79 Å². The molecular weight excluding hydrogens is 288 g/mol. The third-order valence-corrected chi connectivity index (χ3v) is 3.58. The number of piperidine rings is 1. The van der Waals surface area contributed by atoms with Crippen molar-refractivity contribution >= 4 is 23.3 Å². The summed E-state index contributed by atoms with van der Waals surface area (Å²) in [5.41, 5.74) is 2.87. The van der Waals surface area contributed by atoms with Crippen molar-refractivity contribution in [1.82, 2.24) is 14.7 Å². The van der Waals surface area contributed by atoms with Crippen molar-refractivity contribution in [3.8, 4) is 0 Å². The number of hydrogen-bond donors (Lipinski definition) is 1. The van der Waals surface area contributed by atoms with Crippen molar-refractivity contribution in [3.05, 3.63) is 18.5 Å². The highest BCUT2D eigenvalue weighted by Crippen LogP contribution is 2.16. The summed E-state index contributed by atoms with van der Waals surface area (Å²) in [6.45, 7) is 1.98. The number of esters is 1. The smallest absolute Gasteiger partial charge is 0.400 e. The quantitative estimate of drug-likeness (QED) is 0.446. The van der Waals surface area contributed by atoms with E-state index in [1.807, 2.05) is 6.07 Å². The molecule has 0 saturated carbocycles. The Morgan fingerprint density at radius 2 is 2.05 bits per heavy atom. The summed E-state index contributed by atoms with van der Waals surface area (Å²) in [5, 5.41) is 8.48. The molecule has 0 aliphatic carbocycles. The van der Waals surface area contributed by atoms with Gasteiger partial charge in [-0.2, -0.15) is 5.43 Å². The molecule has 2 aromatic rings. The van der Waals surface area contributed by atoms with Gasteiger partial charge in [0.1, 0.15) is 0 Å². The van der Waals surface area contributed by atoms with E-state index in [0.717, 1.165) is 26.0 Å². The molecule has 0 aromatic carbocycles. The van der Waals surface area contributed by atoms with Crippen LogP contribution >= 0.6 is 0 Å². The van der Waals surface area contributed by atoms with Crippen LogP contribution in [0.25, 0.3) is 5.65 Å². The Morgan fingerprint density at radius 3 is 2.77 bits per heavy atom. The molecule has 0 bridgehead atoms. The van der Waals surface area contributed by atoms with Gasteiger partial charge in [0.2, 0.25) is 0 Å². The van der Waals surface area contributed by atoms with Gasteiger partial charge in [0, 0.05) is 19.2 Å². The molecule has 116 valence electrons. The van der Waals surface area contributed by atoms with Crippen LogP contribution in [0.1, 0.15) is 19.3 Å². The normalized spacial score (nSPS) is 14.9. The van der Waals surface area contributed by atoms with Gasteiger partial charge in [-0.05, 0) is 35.2 Å². The maximum Gasteiger partial charge on any atom is 0.400 e. The topological polar surface area (TPSA) is 92.7 Å². The number of carbonyl (C=O) groups excluding carboxylic acids is 2. The predicted molar refractivity (Wildman–Crippen MR) is 75.6 cm³/mol. The predicted octanol–water partition coefficient (Wildman–Crippen LogP) is -0.750. The molecule has 22 heavy (non-hydrogen) atoms. The van der Waals surface area contributed by atoms with E-state index in [9.17, 15) is 9.59 Å². The van der Waals surface area contributed by atoms with Gasteiger partial charge in [-0.1, -0.05) is 9.61 Å². The largest absolute Gasteiger partial charge is 0.462 e. The zero-order valence-electron chi connectivity index (χ0n) is 12.2. The van der Waals surface area contributed by atoms with Crippen molar-refractivity contribution in [2.24, 2.45) is 0 Å². The highest BCUT2D eigenvalue weighted by Gasteiger charge is 2.22. The average molecular weight is 305 g/mol. The third-order valence-electron chi connectivity index (χ3n) is 3.58. The van der Waals surface area contributed by atoms with Crippen LogP contribution in [-0.4, -0.2) is 46.8 Å². The monoisotopic (exact) mass is 305 g/mol. The fourth-order valence-corrected chi connectivity index (χ4v) is 2.45. The van der Waals surface area contributed by atoms with Gasteiger partial charge in [-0.15, -0.1) is 0 Å². The van der Waals surface area contributed by atoms with Crippen LogP contribution in [0.3, 0.4) is 0 Å². The van der Waals surface area contributed by atoms with Crippen molar-refractivity contribution in [3.63, 3.8) is 0 Å². The second kappa shape index (κ2) is 5.96. The fraction of sp³-hybridized carbons (Fsp3) is 0.462. The second-order valence-corrected chi connectivity index (χ2v) is 5.02. The number of methoxy groups -OCH3 is 1. The number of ether oxygens (including phenoxy) is 1. The lowest BCUT2D eigenvalue weighted by molar-refractivity contribution is -0.675. The highest BCUT2D eigenvalue weighted by atomic mass is 16.5. The van der Waals surface area contributed by atoms with E-state index < -0.39 is 11.9 Å². The van der Waals surface area contributed by atoms with E-state index in [4.69, 9.17) is 0 Å².